The zero-order valence-electron chi connectivity index (χ0n) is 18.1. The molecule has 0 fully saturated rings. The van der Waals surface area contributed by atoms with E-state index in [9.17, 15) is 18.0 Å². The number of aromatic nitrogens is 2. The Morgan fingerprint density at radius 1 is 1.26 bits per heavy atom. The Kier molecular flexibility index (Phi) is 6.92. The molecule has 6 nitrogen and oxygen atoms in total. The highest BCUT2D eigenvalue weighted by molar-refractivity contribution is 6.76. The van der Waals surface area contributed by atoms with Crippen LogP contribution in [0.5, 0.6) is 0 Å². The second-order valence-corrected chi connectivity index (χ2v) is 14.6. The molecule has 170 valence electrons. The molecule has 0 aliphatic carbocycles. The number of rotatable bonds is 8. The molecule has 0 bridgehead atoms. The molecule has 10 heteroatoms. The van der Waals surface area contributed by atoms with Crippen LogP contribution in [0.1, 0.15) is 29.2 Å². The molecule has 31 heavy (non-hydrogen) atoms. The molecule has 2 N–H and O–H groups in total. The second kappa shape index (κ2) is 9.13. The predicted octanol–water partition coefficient (Wildman–Crippen LogP) is 3.98. The molecule has 0 saturated heterocycles. The maximum atomic E-state index is 14.0. The number of ether oxygens (including phenoxy) is 1. The quantitative estimate of drug-likeness (QED) is 0.482. The van der Waals surface area contributed by atoms with Crippen molar-refractivity contribution in [1.29, 1.82) is 0 Å². The minimum Gasteiger partial charge on any atom is -0.359 e. The Balaban J connectivity index is 1.94. The molecule has 2 aromatic rings. The van der Waals surface area contributed by atoms with E-state index in [0.29, 0.717) is 19.6 Å². The van der Waals surface area contributed by atoms with Gasteiger partial charge in [0.2, 0.25) is 0 Å². The van der Waals surface area contributed by atoms with E-state index in [-0.39, 0.29) is 25.0 Å². The van der Waals surface area contributed by atoms with Crippen LogP contribution >= 0.6 is 0 Å². The summed E-state index contributed by atoms with van der Waals surface area (Å²) in [5.41, 5.74) is 4.96. The van der Waals surface area contributed by atoms with Crippen LogP contribution in [0.25, 0.3) is 0 Å². The number of benzene rings is 1. The molecule has 3 rings (SSSR count). The number of hydrogen-bond donors (Lipinski definition) is 1. The lowest BCUT2D eigenvalue weighted by Gasteiger charge is -2.29. The third kappa shape index (κ3) is 5.36. The summed E-state index contributed by atoms with van der Waals surface area (Å²) in [5, 5.41) is 4.01. The summed E-state index contributed by atoms with van der Waals surface area (Å²) in [6.45, 7) is 7.16. The zero-order chi connectivity index (χ0) is 22.8. The second-order valence-electron chi connectivity index (χ2n) is 8.98. The van der Waals surface area contributed by atoms with Crippen LogP contribution in [0.15, 0.2) is 35.3 Å². The van der Waals surface area contributed by atoms with Crippen molar-refractivity contribution in [3.05, 3.63) is 57.5 Å². The molecule has 1 aromatic carbocycles. The fraction of sp³-hybridized carbons (Fsp3) is 0.524. The van der Waals surface area contributed by atoms with Gasteiger partial charge in [-0.15, -0.1) is 0 Å². The summed E-state index contributed by atoms with van der Waals surface area (Å²) in [6.07, 6.45) is -3.23. The SMILES string of the molecule is C[Si](C)(C)CCOCn1ncc(N2Cc3ccccc3C2CCN)c(C(F)(F)F)c1=O. The van der Waals surface area contributed by atoms with E-state index < -0.39 is 25.4 Å². The zero-order valence-corrected chi connectivity index (χ0v) is 19.1. The third-order valence-electron chi connectivity index (χ3n) is 5.40. The average molecular weight is 455 g/mol. The Morgan fingerprint density at radius 3 is 2.61 bits per heavy atom. The van der Waals surface area contributed by atoms with E-state index in [0.717, 1.165) is 28.0 Å². The predicted molar refractivity (Wildman–Crippen MR) is 117 cm³/mol. The smallest absolute Gasteiger partial charge is 0.359 e. The van der Waals surface area contributed by atoms with Gasteiger partial charge >= 0.3 is 6.18 Å². The summed E-state index contributed by atoms with van der Waals surface area (Å²) >= 11 is 0. The van der Waals surface area contributed by atoms with Gasteiger partial charge in [-0.05, 0) is 30.1 Å². The molecule has 0 spiro atoms. The highest BCUT2D eigenvalue weighted by atomic mass is 28.3. The highest BCUT2D eigenvalue weighted by Crippen LogP contribution is 2.43. The first-order valence-corrected chi connectivity index (χ1v) is 14.0. The van der Waals surface area contributed by atoms with E-state index in [1.807, 2.05) is 24.3 Å². The Bertz CT molecular complexity index is 972. The van der Waals surface area contributed by atoms with Crippen molar-refractivity contribution in [3.8, 4) is 0 Å². The molecular weight excluding hydrogens is 425 g/mol. The van der Waals surface area contributed by atoms with Crippen molar-refractivity contribution in [2.45, 2.75) is 57.6 Å². The van der Waals surface area contributed by atoms with Crippen LogP contribution in [0.2, 0.25) is 25.7 Å². The first-order valence-electron chi connectivity index (χ1n) is 10.3. The van der Waals surface area contributed by atoms with Gasteiger partial charge in [0.25, 0.3) is 5.56 Å². The van der Waals surface area contributed by atoms with Crippen LogP contribution in [-0.2, 0) is 24.2 Å². The number of fused-ring (bicyclic) bond motifs is 1. The third-order valence-corrected chi connectivity index (χ3v) is 7.10. The fourth-order valence-electron chi connectivity index (χ4n) is 3.77. The van der Waals surface area contributed by atoms with Crippen LogP contribution in [0.4, 0.5) is 18.9 Å². The first kappa shape index (κ1) is 23.5. The largest absolute Gasteiger partial charge is 0.423 e. The Hall–Kier alpha value is -2.17. The van der Waals surface area contributed by atoms with Gasteiger partial charge in [-0.2, -0.15) is 18.3 Å². The molecule has 1 aromatic heterocycles. The van der Waals surface area contributed by atoms with E-state index in [1.165, 1.54) is 0 Å². The minimum atomic E-state index is -4.82. The Labute approximate surface area is 180 Å². The van der Waals surface area contributed by atoms with Crippen molar-refractivity contribution in [3.63, 3.8) is 0 Å². The van der Waals surface area contributed by atoms with Gasteiger partial charge in [0.05, 0.1) is 17.9 Å². The lowest BCUT2D eigenvalue weighted by Crippen LogP contribution is -2.36. The molecule has 0 amide bonds. The van der Waals surface area contributed by atoms with E-state index in [4.69, 9.17) is 10.5 Å². The summed E-state index contributed by atoms with van der Waals surface area (Å²) in [7, 11) is -1.35. The summed E-state index contributed by atoms with van der Waals surface area (Å²) in [5.74, 6) is 0. The van der Waals surface area contributed by atoms with Crippen molar-refractivity contribution in [1.82, 2.24) is 9.78 Å². The average Bonchev–Trinajstić information content (AvgIpc) is 3.03. The van der Waals surface area contributed by atoms with Gasteiger partial charge < -0.3 is 15.4 Å². The molecule has 1 aliphatic rings. The van der Waals surface area contributed by atoms with E-state index >= 15 is 0 Å². The summed E-state index contributed by atoms with van der Waals surface area (Å²) in [4.78, 5) is 14.4. The molecule has 2 heterocycles. The van der Waals surface area contributed by atoms with Crippen molar-refractivity contribution in [2.75, 3.05) is 18.1 Å². The van der Waals surface area contributed by atoms with Gasteiger partial charge in [-0.3, -0.25) is 4.79 Å². The number of anilines is 1. The molecule has 0 saturated carbocycles. The van der Waals surface area contributed by atoms with Crippen LogP contribution in [0.3, 0.4) is 0 Å². The normalized spacial score (nSPS) is 16.6. The Morgan fingerprint density at radius 2 is 1.97 bits per heavy atom. The molecule has 0 radical (unpaired) electrons. The van der Waals surface area contributed by atoms with Crippen LogP contribution < -0.4 is 16.2 Å². The van der Waals surface area contributed by atoms with E-state index in [2.05, 4.69) is 24.7 Å². The lowest BCUT2D eigenvalue weighted by atomic mass is 10.0. The molecule has 1 atom stereocenters. The minimum absolute atomic E-state index is 0.217. The van der Waals surface area contributed by atoms with Crippen LogP contribution in [-0.4, -0.2) is 31.0 Å². The van der Waals surface area contributed by atoms with Gasteiger partial charge in [-0.1, -0.05) is 43.9 Å². The standard InChI is InChI=1S/C21H29F3N4O2Si/c1-31(2,3)11-10-30-14-28-20(29)19(21(22,23)24)18(12-26-28)27-13-15-6-4-5-7-16(15)17(27)8-9-25/h4-7,12,17H,8-11,13-14,25H2,1-3H3. The van der Waals surface area contributed by atoms with Gasteiger partial charge in [-0.25, -0.2) is 4.68 Å². The molecule has 1 aliphatic heterocycles. The van der Waals surface area contributed by atoms with Crippen molar-refractivity contribution >= 4 is 13.8 Å². The van der Waals surface area contributed by atoms with Crippen molar-refractivity contribution in [2.24, 2.45) is 5.73 Å². The number of halogens is 3. The van der Waals surface area contributed by atoms with Gasteiger partial charge in [0, 0.05) is 21.2 Å². The number of hydrogen-bond acceptors (Lipinski definition) is 5. The maximum absolute atomic E-state index is 14.0. The number of alkyl halides is 3. The number of nitrogens with zero attached hydrogens (tertiary/aromatic N) is 3. The maximum Gasteiger partial charge on any atom is 0.423 e. The number of nitrogens with two attached hydrogens (primary N) is 1. The first-order chi connectivity index (χ1) is 14.5. The monoisotopic (exact) mass is 454 g/mol. The van der Waals surface area contributed by atoms with Gasteiger partial charge in [0.1, 0.15) is 12.3 Å². The van der Waals surface area contributed by atoms with Crippen LogP contribution in [0, 0.1) is 0 Å². The highest BCUT2D eigenvalue weighted by Gasteiger charge is 2.42. The summed E-state index contributed by atoms with van der Waals surface area (Å²) in [6, 6.07) is 7.98. The fourth-order valence-corrected chi connectivity index (χ4v) is 4.53. The van der Waals surface area contributed by atoms with Crippen molar-refractivity contribution < 1.29 is 17.9 Å². The molecular formula is C21H29F3N4O2Si. The lowest BCUT2D eigenvalue weighted by molar-refractivity contribution is -0.138. The van der Waals surface area contributed by atoms with E-state index in [1.54, 1.807) is 4.90 Å². The topological polar surface area (TPSA) is 73.4 Å². The molecule has 1 unspecified atom stereocenters. The van der Waals surface area contributed by atoms with Gasteiger partial charge in [0.15, 0.2) is 0 Å². The summed E-state index contributed by atoms with van der Waals surface area (Å²) < 4.78 is 48.2.